The van der Waals surface area contributed by atoms with Crippen LogP contribution in [-0.2, 0) is 13.0 Å². The molecule has 0 spiro atoms. The van der Waals surface area contributed by atoms with Gasteiger partial charge < -0.3 is 4.57 Å². The van der Waals surface area contributed by atoms with Crippen LogP contribution in [-0.4, -0.2) is 14.5 Å². The second-order valence-electron chi connectivity index (χ2n) is 6.49. The highest BCUT2D eigenvalue weighted by atomic mass is 19.1. The molecule has 0 amide bonds. The van der Waals surface area contributed by atoms with Crippen molar-refractivity contribution in [2.24, 2.45) is 0 Å². The van der Waals surface area contributed by atoms with E-state index in [1.54, 1.807) is 6.20 Å². The van der Waals surface area contributed by atoms with Crippen LogP contribution in [0.3, 0.4) is 0 Å². The van der Waals surface area contributed by atoms with Crippen LogP contribution in [0, 0.1) is 11.6 Å². The van der Waals surface area contributed by atoms with E-state index in [0.29, 0.717) is 5.69 Å². The van der Waals surface area contributed by atoms with Gasteiger partial charge in [-0.2, -0.15) is 0 Å². The number of aryl methyl sites for hydroxylation is 1. The summed E-state index contributed by atoms with van der Waals surface area (Å²) in [5.41, 5.74) is 2.86. The third-order valence-corrected chi connectivity index (χ3v) is 4.90. The van der Waals surface area contributed by atoms with Crippen LogP contribution in [0.2, 0.25) is 0 Å². The van der Waals surface area contributed by atoms with Gasteiger partial charge in [0.2, 0.25) is 0 Å². The first kappa shape index (κ1) is 15.2. The summed E-state index contributed by atoms with van der Waals surface area (Å²) < 4.78 is 31.0. The van der Waals surface area contributed by atoms with Gasteiger partial charge in [-0.25, -0.2) is 13.8 Å². The van der Waals surface area contributed by atoms with Crippen molar-refractivity contribution in [1.29, 1.82) is 0 Å². The average molecular weight is 347 g/mol. The maximum atomic E-state index is 14.4. The molecule has 3 heterocycles. The molecule has 0 fully saturated rings. The van der Waals surface area contributed by atoms with Gasteiger partial charge in [0.15, 0.2) is 0 Å². The maximum absolute atomic E-state index is 14.4. The van der Waals surface area contributed by atoms with E-state index < -0.39 is 11.6 Å². The number of aromatic nitrogens is 3. The van der Waals surface area contributed by atoms with E-state index in [0.717, 1.165) is 47.4 Å². The van der Waals surface area contributed by atoms with Gasteiger partial charge in [-0.3, -0.25) is 4.98 Å². The molecule has 2 aromatic carbocycles. The minimum Gasteiger partial charge on any atom is -0.327 e. The predicted octanol–water partition coefficient (Wildman–Crippen LogP) is 4.99. The van der Waals surface area contributed by atoms with Crippen molar-refractivity contribution in [3.05, 3.63) is 72.2 Å². The molecule has 0 saturated carbocycles. The predicted molar refractivity (Wildman–Crippen MR) is 96.6 cm³/mol. The van der Waals surface area contributed by atoms with Crippen molar-refractivity contribution in [3.63, 3.8) is 0 Å². The molecule has 1 aliphatic heterocycles. The van der Waals surface area contributed by atoms with Gasteiger partial charge in [-0.1, -0.05) is 18.2 Å². The number of imidazole rings is 1. The van der Waals surface area contributed by atoms with Crippen LogP contribution in [0.5, 0.6) is 0 Å². The fraction of sp³-hybridized carbons (Fsp3) is 0.143. The fourth-order valence-corrected chi connectivity index (χ4v) is 3.74. The molecule has 1 aliphatic rings. The molecule has 5 heteroatoms. The summed E-state index contributed by atoms with van der Waals surface area (Å²) in [5, 5.41) is 0.985. The van der Waals surface area contributed by atoms with E-state index in [-0.39, 0.29) is 5.56 Å². The van der Waals surface area contributed by atoms with Crippen molar-refractivity contribution in [2.45, 2.75) is 19.4 Å². The number of fused-ring (bicyclic) bond motifs is 2. The van der Waals surface area contributed by atoms with Crippen molar-refractivity contribution >= 4 is 10.9 Å². The van der Waals surface area contributed by atoms with E-state index in [1.807, 2.05) is 30.3 Å². The van der Waals surface area contributed by atoms with Crippen molar-refractivity contribution in [2.75, 3.05) is 0 Å². The third kappa shape index (κ3) is 2.24. The van der Waals surface area contributed by atoms with Gasteiger partial charge in [0, 0.05) is 30.1 Å². The molecular weight excluding hydrogens is 332 g/mol. The van der Waals surface area contributed by atoms with Gasteiger partial charge in [0.25, 0.3) is 0 Å². The Bertz CT molecular complexity index is 1130. The maximum Gasteiger partial charge on any atom is 0.135 e. The molecule has 0 unspecified atom stereocenters. The lowest BCUT2D eigenvalue weighted by molar-refractivity contribution is 0.588. The molecule has 0 saturated heterocycles. The Hall–Kier alpha value is -3.08. The standard InChI is InChI=1S/C21H15F2N3/c22-15-5-1-6-16(23)19(15)20-21(26-11-3-7-18(26)25-20)14-8-9-17-13(12-14)4-2-10-24-17/h1-2,4-6,8-10,12H,3,7,11H2. The lowest BCUT2D eigenvalue weighted by Crippen LogP contribution is -1.98. The number of rotatable bonds is 2. The molecule has 0 atom stereocenters. The molecule has 0 radical (unpaired) electrons. The minimum atomic E-state index is -0.592. The number of benzene rings is 2. The lowest BCUT2D eigenvalue weighted by Gasteiger charge is -2.10. The fourth-order valence-electron chi connectivity index (χ4n) is 3.74. The van der Waals surface area contributed by atoms with Crippen LogP contribution in [0.4, 0.5) is 8.78 Å². The molecule has 4 aromatic rings. The summed E-state index contributed by atoms with van der Waals surface area (Å²) in [5.74, 6) is -0.306. The first-order valence-corrected chi connectivity index (χ1v) is 8.61. The number of hydrogen-bond donors (Lipinski definition) is 0. The Morgan fingerprint density at radius 3 is 2.65 bits per heavy atom. The highest BCUT2D eigenvalue weighted by Crippen LogP contribution is 2.38. The topological polar surface area (TPSA) is 30.7 Å². The zero-order chi connectivity index (χ0) is 17.7. The van der Waals surface area contributed by atoms with Gasteiger partial charge >= 0.3 is 0 Å². The van der Waals surface area contributed by atoms with Crippen LogP contribution in [0.15, 0.2) is 54.7 Å². The van der Waals surface area contributed by atoms with Crippen LogP contribution < -0.4 is 0 Å². The normalized spacial score (nSPS) is 13.3. The number of nitrogens with zero attached hydrogens (tertiary/aromatic N) is 3. The van der Waals surface area contributed by atoms with E-state index in [2.05, 4.69) is 14.5 Å². The largest absolute Gasteiger partial charge is 0.327 e. The van der Waals surface area contributed by atoms with Crippen LogP contribution >= 0.6 is 0 Å². The summed E-state index contributed by atoms with van der Waals surface area (Å²) in [6.45, 7) is 0.804. The average Bonchev–Trinajstić information content (AvgIpc) is 3.22. The molecule has 2 aromatic heterocycles. The van der Waals surface area contributed by atoms with E-state index in [1.165, 1.54) is 18.2 Å². The lowest BCUT2D eigenvalue weighted by atomic mass is 10.0. The van der Waals surface area contributed by atoms with Crippen molar-refractivity contribution < 1.29 is 8.78 Å². The van der Waals surface area contributed by atoms with Gasteiger partial charge in [-0.15, -0.1) is 0 Å². The molecule has 0 N–H and O–H groups in total. The minimum absolute atomic E-state index is 0.0596. The number of pyridine rings is 1. The molecular formula is C21H15F2N3. The second-order valence-corrected chi connectivity index (χ2v) is 6.49. The van der Waals surface area contributed by atoms with Gasteiger partial charge in [-0.05, 0) is 36.8 Å². The van der Waals surface area contributed by atoms with Crippen LogP contribution in [0.1, 0.15) is 12.2 Å². The highest BCUT2D eigenvalue weighted by molar-refractivity contribution is 5.87. The summed E-state index contributed by atoms with van der Waals surface area (Å²) >= 11 is 0. The molecule has 26 heavy (non-hydrogen) atoms. The van der Waals surface area contributed by atoms with Crippen LogP contribution in [0.25, 0.3) is 33.4 Å². The van der Waals surface area contributed by atoms with Crippen molar-refractivity contribution in [1.82, 2.24) is 14.5 Å². The summed E-state index contributed by atoms with van der Waals surface area (Å²) in [6.07, 6.45) is 3.56. The number of halogens is 2. The molecule has 5 rings (SSSR count). The monoisotopic (exact) mass is 347 g/mol. The van der Waals surface area contributed by atoms with Gasteiger partial charge in [0.1, 0.15) is 23.2 Å². The van der Waals surface area contributed by atoms with E-state index in [9.17, 15) is 8.78 Å². The second kappa shape index (κ2) is 5.73. The summed E-state index contributed by atoms with van der Waals surface area (Å²) in [6, 6.07) is 13.7. The zero-order valence-corrected chi connectivity index (χ0v) is 13.9. The molecule has 0 bridgehead atoms. The van der Waals surface area contributed by atoms with E-state index >= 15 is 0 Å². The van der Waals surface area contributed by atoms with Crippen molar-refractivity contribution in [3.8, 4) is 22.5 Å². The summed E-state index contributed by atoms with van der Waals surface area (Å²) in [7, 11) is 0. The van der Waals surface area contributed by atoms with Gasteiger partial charge in [0.05, 0.1) is 16.8 Å². The highest BCUT2D eigenvalue weighted by Gasteiger charge is 2.26. The molecule has 3 nitrogen and oxygen atoms in total. The zero-order valence-electron chi connectivity index (χ0n) is 13.9. The smallest absolute Gasteiger partial charge is 0.135 e. The third-order valence-electron chi connectivity index (χ3n) is 4.90. The first-order chi connectivity index (χ1) is 12.7. The Morgan fingerprint density at radius 2 is 1.81 bits per heavy atom. The van der Waals surface area contributed by atoms with E-state index in [4.69, 9.17) is 0 Å². The Kier molecular flexibility index (Phi) is 3.35. The summed E-state index contributed by atoms with van der Waals surface area (Å²) in [4.78, 5) is 8.95. The Balaban J connectivity index is 1.80. The quantitative estimate of drug-likeness (QED) is 0.511. The Morgan fingerprint density at radius 1 is 0.962 bits per heavy atom. The first-order valence-electron chi connectivity index (χ1n) is 8.61. The molecule has 128 valence electrons. The Labute approximate surface area is 149 Å². The SMILES string of the molecule is Fc1cccc(F)c1-c1nc2n(c1-c1ccc3ncccc3c1)CCC2. The molecule has 0 aliphatic carbocycles. The number of hydrogen-bond acceptors (Lipinski definition) is 2.